The summed E-state index contributed by atoms with van der Waals surface area (Å²) in [6.07, 6.45) is 0.138. The molecule has 12 heavy (non-hydrogen) atoms. The number of carbonyl (C=O) groups excluding carboxylic acids is 1. The van der Waals surface area contributed by atoms with Gasteiger partial charge in [-0.3, -0.25) is 4.79 Å². The molecule has 4 nitrogen and oxygen atoms in total. The Morgan fingerprint density at radius 3 is 2.58 bits per heavy atom. The van der Waals surface area contributed by atoms with E-state index in [0.717, 1.165) is 0 Å². The number of carbonyl (C=O) groups is 1. The van der Waals surface area contributed by atoms with Crippen LogP contribution in [0.15, 0.2) is 0 Å². The van der Waals surface area contributed by atoms with Gasteiger partial charge >= 0.3 is 0 Å². The summed E-state index contributed by atoms with van der Waals surface area (Å²) in [6, 6.07) is 0. The molecule has 0 aromatic rings. The first-order chi connectivity index (χ1) is 5.54. The number of nitrogens with one attached hydrogen (secondary N) is 1. The normalized spacial score (nSPS) is 12.7. The van der Waals surface area contributed by atoms with Crippen LogP contribution in [0.5, 0.6) is 0 Å². The number of rotatable bonds is 5. The van der Waals surface area contributed by atoms with Crippen LogP contribution in [-0.4, -0.2) is 49.2 Å². The van der Waals surface area contributed by atoms with Gasteiger partial charge in [0.2, 0.25) is 5.91 Å². The lowest BCUT2D eigenvalue weighted by molar-refractivity contribution is -0.128. The van der Waals surface area contributed by atoms with Crippen molar-refractivity contribution < 1.29 is 9.90 Å². The van der Waals surface area contributed by atoms with Gasteiger partial charge in [0.05, 0.1) is 6.10 Å². The Morgan fingerprint density at radius 2 is 2.17 bits per heavy atom. The third-order valence-corrected chi connectivity index (χ3v) is 1.45. The second-order valence-electron chi connectivity index (χ2n) is 3.09. The molecule has 2 N–H and O–H groups in total. The molecule has 72 valence electrons. The van der Waals surface area contributed by atoms with Gasteiger partial charge in [-0.2, -0.15) is 0 Å². The lowest BCUT2D eigenvalue weighted by Gasteiger charge is -2.10. The Kier molecular flexibility index (Phi) is 5.66. The second kappa shape index (κ2) is 5.97. The third kappa shape index (κ3) is 6.12. The van der Waals surface area contributed by atoms with Crippen LogP contribution in [0.4, 0.5) is 0 Å². The lowest BCUT2D eigenvalue weighted by atomic mass is 10.3. The quantitative estimate of drug-likeness (QED) is 0.549. The molecule has 1 atom stereocenters. The van der Waals surface area contributed by atoms with E-state index < -0.39 is 0 Å². The van der Waals surface area contributed by atoms with Gasteiger partial charge in [0.25, 0.3) is 0 Å². The highest BCUT2D eigenvalue weighted by molar-refractivity contribution is 5.75. The Bertz CT molecular complexity index is 135. The molecule has 0 rings (SSSR count). The second-order valence-corrected chi connectivity index (χ2v) is 3.09. The summed E-state index contributed by atoms with van der Waals surface area (Å²) in [6.45, 7) is 2.88. The molecule has 0 aliphatic carbocycles. The van der Waals surface area contributed by atoms with Crippen molar-refractivity contribution in [3.8, 4) is 0 Å². The topological polar surface area (TPSA) is 52.6 Å². The average molecular weight is 174 g/mol. The maximum Gasteiger partial charge on any atom is 0.223 e. The SMILES string of the molecule is C[C@@H](O)CNCCC(=O)N(C)C. The number of aliphatic hydroxyl groups excluding tert-OH is 1. The highest BCUT2D eigenvalue weighted by Crippen LogP contribution is 1.85. The van der Waals surface area contributed by atoms with E-state index in [0.29, 0.717) is 19.5 Å². The average Bonchev–Trinajstić information content (AvgIpc) is 1.97. The zero-order chi connectivity index (χ0) is 9.56. The minimum atomic E-state index is -0.348. The van der Waals surface area contributed by atoms with Crippen molar-refractivity contribution in [2.45, 2.75) is 19.4 Å². The van der Waals surface area contributed by atoms with Crippen LogP contribution in [0.25, 0.3) is 0 Å². The fourth-order valence-corrected chi connectivity index (χ4v) is 0.730. The molecule has 1 amide bonds. The van der Waals surface area contributed by atoms with Gasteiger partial charge in [0, 0.05) is 33.6 Å². The number of hydrogen-bond donors (Lipinski definition) is 2. The van der Waals surface area contributed by atoms with Crippen LogP contribution >= 0.6 is 0 Å². The smallest absolute Gasteiger partial charge is 0.223 e. The van der Waals surface area contributed by atoms with Gasteiger partial charge in [-0.15, -0.1) is 0 Å². The van der Waals surface area contributed by atoms with E-state index in [4.69, 9.17) is 5.11 Å². The summed E-state index contributed by atoms with van der Waals surface area (Å²) in [5.41, 5.74) is 0. The summed E-state index contributed by atoms with van der Waals surface area (Å²) < 4.78 is 0. The number of aliphatic hydroxyl groups is 1. The molecule has 0 radical (unpaired) electrons. The standard InChI is InChI=1S/C8H18N2O2/c1-7(11)6-9-5-4-8(12)10(2)3/h7,9,11H,4-6H2,1-3H3/t7-/m1/s1. The fourth-order valence-electron chi connectivity index (χ4n) is 0.730. The van der Waals surface area contributed by atoms with Crippen molar-refractivity contribution in [2.75, 3.05) is 27.2 Å². The van der Waals surface area contributed by atoms with E-state index in [-0.39, 0.29) is 12.0 Å². The first-order valence-electron chi connectivity index (χ1n) is 4.13. The predicted octanol–water partition coefficient (Wildman–Crippen LogP) is -0.565. The molecule has 0 aromatic heterocycles. The Balaban J connectivity index is 3.26. The zero-order valence-electron chi connectivity index (χ0n) is 8.00. The summed E-state index contributed by atoms with van der Waals surface area (Å²) in [5, 5.41) is 11.8. The molecule has 0 aromatic carbocycles. The summed E-state index contributed by atoms with van der Waals surface area (Å²) in [7, 11) is 3.47. The van der Waals surface area contributed by atoms with Crippen LogP contribution in [0, 0.1) is 0 Å². The predicted molar refractivity (Wildman–Crippen MR) is 47.9 cm³/mol. The maximum atomic E-state index is 11.0. The molecular weight excluding hydrogens is 156 g/mol. The van der Waals surface area contributed by atoms with Gasteiger partial charge in [0.1, 0.15) is 0 Å². The molecule has 0 fully saturated rings. The van der Waals surface area contributed by atoms with E-state index in [1.54, 1.807) is 25.9 Å². The van der Waals surface area contributed by atoms with E-state index in [9.17, 15) is 4.79 Å². The molecule has 0 unspecified atom stereocenters. The molecule has 0 heterocycles. The highest BCUT2D eigenvalue weighted by atomic mass is 16.3. The van der Waals surface area contributed by atoms with Crippen molar-refractivity contribution >= 4 is 5.91 Å². The van der Waals surface area contributed by atoms with Crippen molar-refractivity contribution in [1.29, 1.82) is 0 Å². The minimum absolute atomic E-state index is 0.105. The molecule has 0 saturated heterocycles. The molecule has 0 saturated carbocycles. The van der Waals surface area contributed by atoms with Crippen LogP contribution in [0.2, 0.25) is 0 Å². The van der Waals surface area contributed by atoms with Crippen molar-refractivity contribution in [2.24, 2.45) is 0 Å². The summed E-state index contributed by atoms with van der Waals surface area (Å²) >= 11 is 0. The van der Waals surface area contributed by atoms with Crippen LogP contribution in [-0.2, 0) is 4.79 Å². The molecular formula is C8H18N2O2. The van der Waals surface area contributed by atoms with Gasteiger partial charge in [-0.25, -0.2) is 0 Å². The van der Waals surface area contributed by atoms with Gasteiger partial charge in [-0.05, 0) is 6.92 Å². The van der Waals surface area contributed by atoms with Gasteiger partial charge in [0.15, 0.2) is 0 Å². The van der Waals surface area contributed by atoms with Crippen LogP contribution in [0.1, 0.15) is 13.3 Å². The van der Waals surface area contributed by atoms with Gasteiger partial charge < -0.3 is 15.3 Å². The van der Waals surface area contributed by atoms with E-state index in [2.05, 4.69) is 5.32 Å². The first-order valence-corrected chi connectivity index (χ1v) is 4.13. The largest absolute Gasteiger partial charge is 0.392 e. The van der Waals surface area contributed by atoms with Crippen LogP contribution < -0.4 is 5.32 Å². The van der Waals surface area contributed by atoms with E-state index in [1.165, 1.54) is 0 Å². The zero-order valence-corrected chi connectivity index (χ0v) is 8.00. The minimum Gasteiger partial charge on any atom is -0.392 e. The van der Waals surface area contributed by atoms with Gasteiger partial charge in [-0.1, -0.05) is 0 Å². The Hall–Kier alpha value is -0.610. The Morgan fingerprint density at radius 1 is 1.58 bits per heavy atom. The summed E-state index contributed by atoms with van der Waals surface area (Å²) in [4.78, 5) is 12.6. The van der Waals surface area contributed by atoms with Crippen molar-refractivity contribution in [1.82, 2.24) is 10.2 Å². The van der Waals surface area contributed by atoms with Crippen molar-refractivity contribution in [3.63, 3.8) is 0 Å². The lowest BCUT2D eigenvalue weighted by Crippen LogP contribution is -2.30. The van der Waals surface area contributed by atoms with E-state index in [1.807, 2.05) is 0 Å². The fraction of sp³-hybridized carbons (Fsp3) is 0.875. The summed E-state index contributed by atoms with van der Waals surface area (Å²) in [5.74, 6) is 0.105. The number of amides is 1. The third-order valence-electron chi connectivity index (χ3n) is 1.45. The molecule has 0 aliphatic rings. The number of hydrogen-bond acceptors (Lipinski definition) is 3. The van der Waals surface area contributed by atoms with Crippen molar-refractivity contribution in [3.05, 3.63) is 0 Å². The molecule has 0 spiro atoms. The van der Waals surface area contributed by atoms with E-state index >= 15 is 0 Å². The highest BCUT2D eigenvalue weighted by Gasteiger charge is 2.02. The first kappa shape index (κ1) is 11.4. The molecule has 0 bridgehead atoms. The maximum absolute atomic E-state index is 11.0. The Labute approximate surface area is 73.6 Å². The van der Waals surface area contributed by atoms with Crippen LogP contribution in [0.3, 0.4) is 0 Å². The molecule has 0 aliphatic heterocycles. The molecule has 4 heteroatoms. The monoisotopic (exact) mass is 174 g/mol. The number of nitrogens with zero attached hydrogens (tertiary/aromatic N) is 1.